The molecule has 0 saturated heterocycles. The highest BCUT2D eigenvalue weighted by Gasteiger charge is 2.17. The van der Waals surface area contributed by atoms with Crippen molar-refractivity contribution >= 4 is 6.16 Å². The summed E-state index contributed by atoms with van der Waals surface area (Å²) in [5.74, 6) is 0. The number of carbonyl (C=O) groups is 1. The van der Waals surface area contributed by atoms with Gasteiger partial charge in [-0.3, -0.25) is 0 Å². The number of carbonyl (C=O) groups excluding carboxylic acids is 1. The molecule has 0 spiro atoms. The standard InChI is InChI=1S/C9H14O3/c1-2-11-9(10)12-8-6-4-3-5-7-8/h2,8H,1,3-7H2. The molecule has 0 aromatic carbocycles. The summed E-state index contributed by atoms with van der Waals surface area (Å²) in [5.41, 5.74) is 0. The third-order valence-corrected chi connectivity index (χ3v) is 1.99. The fourth-order valence-corrected chi connectivity index (χ4v) is 1.41. The van der Waals surface area contributed by atoms with Crippen molar-refractivity contribution in [3.8, 4) is 0 Å². The molecule has 1 aliphatic carbocycles. The van der Waals surface area contributed by atoms with Crippen LogP contribution in [-0.2, 0) is 9.47 Å². The summed E-state index contributed by atoms with van der Waals surface area (Å²) in [6.45, 7) is 3.27. The average Bonchev–Trinajstić information content (AvgIpc) is 2.06. The predicted octanol–water partition coefficient (Wildman–Crippen LogP) is 2.62. The molecule has 0 unspecified atom stereocenters. The van der Waals surface area contributed by atoms with Crippen LogP contribution in [0, 0.1) is 0 Å². The molecule has 12 heavy (non-hydrogen) atoms. The first kappa shape index (κ1) is 9.10. The minimum Gasteiger partial charge on any atom is -0.431 e. The Morgan fingerprint density at radius 2 is 2.00 bits per heavy atom. The van der Waals surface area contributed by atoms with E-state index < -0.39 is 6.16 Å². The number of ether oxygens (including phenoxy) is 2. The molecule has 0 atom stereocenters. The average molecular weight is 170 g/mol. The maximum atomic E-state index is 10.8. The van der Waals surface area contributed by atoms with Gasteiger partial charge in [0.25, 0.3) is 0 Å². The maximum absolute atomic E-state index is 10.8. The van der Waals surface area contributed by atoms with E-state index in [2.05, 4.69) is 11.3 Å². The van der Waals surface area contributed by atoms with Gasteiger partial charge < -0.3 is 9.47 Å². The zero-order chi connectivity index (χ0) is 8.81. The topological polar surface area (TPSA) is 35.5 Å². The third-order valence-electron chi connectivity index (χ3n) is 1.99. The first-order valence-electron chi connectivity index (χ1n) is 4.31. The molecule has 0 aromatic heterocycles. The molecule has 1 fully saturated rings. The van der Waals surface area contributed by atoms with E-state index in [1.807, 2.05) is 0 Å². The molecular weight excluding hydrogens is 156 g/mol. The first-order chi connectivity index (χ1) is 5.83. The van der Waals surface area contributed by atoms with Gasteiger partial charge >= 0.3 is 6.16 Å². The van der Waals surface area contributed by atoms with Gasteiger partial charge in [0.2, 0.25) is 0 Å². The van der Waals surface area contributed by atoms with Crippen molar-refractivity contribution in [2.75, 3.05) is 0 Å². The van der Waals surface area contributed by atoms with Gasteiger partial charge in [-0.25, -0.2) is 4.79 Å². The molecule has 3 nitrogen and oxygen atoms in total. The first-order valence-corrected chi connectivity index (χ1v) is 4.31. The van der Waals surface area contributed by atoms with E-state index in [1.165, 1.54) is 6.42 Å². The molecule has 1 saturated carbocycles. The lowest BCUT2D eigenvalue weighted by Crippen LogP contribution is -2.20. The second-order valence-corrected chi connectivity index (χ2v) is 2.91. The van der Waals surface area contributed by atoms with Gasteiger partial charge in [-0.05, 0) is 25.7 Å². The molecule has 1 aliphatic rings. The number of hydrogen-bond acceptors (Lipinski definition) is 3. The lowest BCUT2D eigenvalue weighted by Gasteiger charge is -2.20. The molecule has 3 heteroatoms. The Morgan fingerprint density at radius 3 is 2.58 bits per heavy atom. The fourth-order valence-electron chi connectivity index (χ4n) is 1.41. The fraction of sp³-hybridized carbons (Fsp3) is 0.667. The van der Waals surface area contributed by atoms with Crippen LogP contribution in [0.1, 0.15) is 32.1 Å². The van der Waals surface area contributed by atoms with E-state index in [1.54, 1.807) is 0 Å². The van der Waals surface area contributed by atoms with Gasteiger partial charge in [-0.15, -0.1) is 0 Å². The van der Waals surface area contributed by atoms with Crippen molar-refractivity contribution in [2.45, 2.75) is 38.2 Å². The van der Waals surface area contributed by atoms with Crippen molar-refractivity contribution in [1.82, 2.24) is 0 Å². The van der Waals surface area contributed by atoms with E-state index in [0.717, 1.165) is 31.9 Å². The van der Waals surface area contributed by atoms with E-state index in [0.29, 0.717) is 0 Å². The highest BCUT2D eigenvalue weighted by atomic mass is 16.7. The van der Waals surface area contributed by atoms with Crippen LogP contribution in [0.15, 0.2) is 12.8 Å². The number of hydrogen-bond donors (Lipinski definition) is 0. The van der Waals surface area contributed by atoms with Crippen LogP contribution >= 0.6 is 0 Å². The van der Waals surface area contributed by atoms with Gasteiger partial charge in [0, 0.05) is 0 Å². The molecule has 0 radical (unpaired) electrons. The molecule has 0 amide bonds. The van der Waals surface area contributed by atoms with Gasteiger partial charge in [0.15, 0.2) is 0 Å². The van der Waals surface area contributed by atoms with E-state index >= 15 is 0 Å². The van der Waals surface area contributed by atoms with Crippen LogP contribution in [-0.4, -0.2) is 12.3 Å². The molecule has 0 N–H and O–H groups in total. The predicted molar refractivity (Wildman–Crippen MR) is 44.6 cm³/mol. The van der Waals surface area contributed by atoms with Crippen LogP contribution in [0.2, 0.25) is 0 Å². The maximum Gasteiger partial charge on any atom is 0.513 e. The summed E-state index contributed by atoms with van der Waals surface area (Å²) < 4.78 is 9.45. The summed E-state index contributed by atoms with van der Waals surface area (Å²) in [6.07, 6.45) is 5.99. The molecule has 0 aromatic rings. The summed E-state index contributed by atoms with van der Waals surface area (Å²) in [4.78, 5) is 10.8. The van der Waals surface area contributed by atoms with Crippen LogP contribution in [0.3, 0.4) is 0 Å². The van der Waals surface area contributed by atoms with Crippen molar-refractivity contribution < 1.29 is 14.3 Å². The monoisotopic (exact) mass is 170 g/mol. The van der Waals surface area contributed by atoms with Crippen LogP contribution in [0.5, 0.6) is 0 Å². The van der Waals surface area contributed by atoms with E-state index in [-0.39, 0.29) is 6.10 Å². The Hall–Kier alpha value is -0.990. The third kappa shape index (κ3) is 2.95. The van der Waals surface area contributed by atoms with E-state index in [4.69, 9.17) is 4.74 Å². The lowest BCUT2D eigenvalue weighted by atomic mass is 9.98. The minimum atomic E-state index is -0.628. The van der Waals surface area contributed by atoms with Crippen LogP contribution in [0.4, 0.5) is 4.79 Å². The van der Waals surface area contributed by atoms with Crippen molar-refractivity contribution in [1.29, 1.82) is 0 Å². The van der Waals surface area contributed by atoms with Gasteiger partial charge in [-0.1, -0.05) is 13.0 Å². The van der Waals surface area contributed by atoms with Crippen molar-refractivity contribution in [2.24, 2.45) is 0 Å². The largest absolute Gasteiger partial charge is 0.513 e. The lowest BCUT2D eigenvalue weighted by molar-refractivity contribution is 0.0316. The quantitative estimate of drug-likeness (QED) is 0.472. The Labute approximate surface area is 72.4 Å². The molecule has 1 rings (SSSR count). The summed E-state index contributed by atoms with van der Waals surface area (Å²) in [6, 6.07) is 0. The summed E-state index contributed by atoms with van der Waals surface area (Å²) >= 11 is 0. The zero-order valence-corrected chi connectivity index (χ0v) is 7.12. The Kier molecular flexibility index (Phi) is 3.64. The SMILES string of the molecule is C=COC(=O)OC1CCCCC1. The molecule has 0 heterocycles. The van der Waals surface area contributed by atoms with Crippen LogP contribution in [0.25, 0.3) is 0 Å². The van der Waals surface area contributed by atoms with Crippen molar-refractivity contribution in [3.05, 3.63) is 12.8 Å². The molecule has 0 bridgehead atoms. The molecular formula is C9H14O3. The van der Waals surface area contributed by atoms with Crippen molar-refractivity contribution in [3.63, 3.8) is 0 Å². The summed E-state index contributed by atoms with van der Waals surface area (Å²) in [5, 5.41) is 0. The molecule has 68 valence electrons. The van der Waals surface area contributed by atoms with Crippen LogP contribution < -0.4 is 0 Å². The highest BCUT2D eigenvalue weighted by Crippen LogP contribution is 2.20. The second kappa shape index (κ2) is 4.80. The highest BCUT2D eigenvalue weighted by molar-refractivity contribution is 5.60. The normalized spacial score (nSPS) is 18.3. The Balaban J connectivity index is 2.19. The van der Waals surface area contributed by atoms with Gasteiger partial charge in [-0.2, -0.15) is 0 Å². The van der Waals surface area contributed by atoms with Gasteiger partial charge in [0.05, 0.1) is 6.26 Å². The molecule has 0 aliphatic heterocycles. The second-order valence-electron chi connectivity index (χ2n) is 2.91. The number of rotatable bonds is 2. The van der Waals surface area contributed by atoms with Gasteiger partial charge in [0.1, 0.15) is 6.10 Å². The minimum absolute atomic E-state index is 0.0613. The zero-order valence-electron chi connectivity index (χ0n) is 7.12. The smallest absolute Gasteiger partial charge is 0.431 e. The Morgan fingerprint density at radius 1 is 1.33 bits per heavy atom. The Bertz CT molecular complexity index is 159. The summed E-state index contributed by atoms with van der Waals surface area (Å²) in [7, 11) is 0. The van der Waals surface area contributed by atoms with E-state index in [9.17, 15) is 4.79 Å².